The minimum atomic E-state index is -0.502. The fourth-order valence-electron chi connectivity index (χ4n) is 1.41. The number of halogens is 1. The van der Waals surface area contributed by atoms with E-state index in [1.54, 1.807) is 6.07 Å². The second kappa shape index (κ2) is 7.49. The van der Waals surface area contributed by atoms with Crippen LogP contribution in [0.3, 0.4) is 0 Å². The summed E-state index contributed by atoms with van der Waals surface area (Å²) in [5.41, 5.74) is 0.898. The van der Waals surface area contributed by atoms with E-state index in [1.807, 2.05) is 22.6 Å². The van der Waals surface area contributed by atoms with E-state index in [-0.39, 0.29) is 5.69 Å². The molecule has 0 saturated carbocycles. The first-order valence-electron chi connectivity index (χ1n) is 5.39. The average molecular weight is 366 g/mol. The Hall–Kier alpha value is -0.930. The summed E-state index contributed by atoms with van der Waals surface area (Å²) in [4.78, 5) is 10.2. The van der Waals surface area contributed by atoms with Crippen LogP contribution in [0.25, 0.3) is 0 Å². The monoisotopic (exact) mass is 366 g/mol. The lowest BCUT2D eigenvalue weighted by atomic mass is 10.2. The predicted octanol–water partition coefficient (Wildman–Crippen LogP) is 2.01. The van der Waals surface area contributed by atoms with E-state index in [0.29, 0.717) is 19.6 Å². The van der Waals surface area contributed by atoms with E-state index in [9.17, 15) is 15.2 Å². The van der Waals surface area contributed by atoms with Crippen molar-refractivity contribution in [2.24, 2.45) is 0 Å². The number of nitrogens with one attached hydrogen (secondary N) is 1. The Morgan fingerprint density at radius 3 is 2.89 bits per heavy atom. The van der Waals surface area contributed by atoms with Gasteiger partial charge in [0.15, 0.2) is 0 Å². The molecule has 0 amide bonds. The van der Waals surface area contributed by atoms with Crippen LogP contribution in [-0.2, 0) is 4.74 Å². The summed E-state index contributed by atoms with van der Waals surface area (Å²) < 4.78 is 5.60. The highest BCUT2D eigenvalue weighted by Gasteiger charge is 2.09. The topological polar surface area (TPSA) is 84.6 Å². The molecule has 7 heteroatoms. The SMILES string of the molecule is COCC(O)CCNc1ccc([N+](=O)[O-])cc1I. The Balaban J connectivity index is 2.50. The molecule has 0 aromatic heterocycles. The van der Waals surface area contributed by atoms with E-state index >= 15 is 0 Å². The average Bonchev–Trinajstić information content (AvgIpc) is 2.31. The number of hydrogen-bond acceptors (Lipinski definition) is 5. The van der Waals surface area contributed by atoms with E-state index in [4.69, 9.17) is 4.74 Å². The number of hydrogen-bond donors (Lipinski definition) is 2. The Morgan fingerprint density at radius 1 is 1.61 bits per heavy atom. The van der Waals surface area contributed by atoms with Crippen molar-refractivity contribution in [1.82, 2.24) is 0 Å². The van der Waals surface area contributed by atoms with Crippen molar-refractivity contribution in [1.29, 1.82) is 0 Å². The Bertz CT molecular complexity index is 414. The fraction of sp³-hybridized carbons (Fsp3) is 0.455. The van der Waals surface area contributed by atoms with Crippen LogP contribution in [0.5, 0.6) is 0 Å². The van der Waals surface area contributed by atoms with Crippen LogP contribution >= 0.6 is 22.6 Å². The summed E-state index contributed by atoms with van der Waals surface area (Å²) in [5, 5.41) is 23.2. The predicted molar refractivity (Wildman–Crippen MR) is 76.8 cm³/mol. The van der Waals surface area contributed by atoms with Gasteiger partial charge < -0.3 is 15.2 Å². The number of nitro benzene ring substituents is 1. The normalized spacial score (nSPS) is 12.2. The number of nitrogens with zero attached hydrogens (tertiary/aromatic N) is 1. The molecule has 0 bridgehead atoms. The highest BCUT2D eigenvalue weighted by atomic mass is 127. The van der Waals surface area contributed by atoms with Crippen LogP contribution in [0, 0.1) is 13.7 Å². The summed E-state index contributed by atoms with van der Waals surface area (Å²) in [6.45, 7) is 0.886. The van der Waals surface area contributed by atoms with Gasteiger partial charge in [0.25, 0.3) is 5.69 Å². The largest absolute Gasteiger partial charge is 0.391 e. The molecule has 0 heterocycles. The van der Waals surface area contributed by atoms with Crippen LogP contribution in [0.2, 0.25) is 0 Å². The van der Waals surface area contributed by atoms with Gasteiger partial charge in [-0.2, -0.15) is 0 Å². The van der Waals surface area contributed by atoms with Gasteiger partial charge in [0.05, 0.1) is 17.6 Å². The van der Waals surface area contributed by atoms with Crippen molar-refractivity contribution in [3.8, 4) is 0 Å². The second-order valence-corrected chi connectivity index (χ2v) is 4.91. The van der Waals surface area contributed by atoms with Crippen LogP contribution < -0.4 is 5.32 Å². The lowest BCUT2D eigenvalue weighted by molar-refractivity contribution is -0.384. The molecular formula is C11H15IN2O4. The smallest absolute Gasteiger partial charge is 0.270 e. The second-order valence-electron chi connectivity index (χ2n) is 3.75. The molecule has 0 aliphatic carbocycles. The van der Waals surface area contributed by atoms with Crippen molar-refractivity contribution in [3.63, 3.8) is 0 Å². The number of anilines is 1. The Labute approximate surface area is 119 Å². The molecule has 1 rings (SSSR count). The molecular weight excluding hydrogens is 351 g/mol. The molecule has 100 valence electrons. The molecule has 0 aliphatic heterocycles. The summed E-state index contributed by atoms with van der Waals surface area (Å²) in [7, 11) is 1.54. The highest BCUT2D eigenvalue weighted by molar-refractivity contribution is 14.1. The third-order valence-electron chi connectivity index (χ3n) is 2.32. The van der Waals surface area contributed by atoms with E-state index < -0.39 is 11.0 Å². The Kier molecular flexibility index (Phi) is 6.30. The van der Waals surface area contributed by atoms with E-state index in [1.165, 1.54) is 19.2 Å². The maximum atomic E-state index is 10.6. The summed E-state index contributed by atoms with van der Waals surface area (Å²) in [6, 6.07) is 4.63. The number of ether oxygens (including phenoxy) is 1. The number of aliphatic hydroxyl groups is 1. The van der Waals surface area contributed by atoms with Crippen LogP contribution in [0.15, 0.2) is 18.2 Å². The molecule has 2 N–H and O–H groups in total. The van der Waals surface area contributed by atoms with Crippen molar-refractivity contribution in [3.05, 3.63) is 31.9 Å². The first kappa shape index (κ1) is 15.1. The molecule has 18 heavy (non-hydrogen) atoms. The maximum absolute atomic E-state index is 10.6. The van der Waals surface area contributed by atoms with Gasteiger partial charge in [-0.05, 0) is 35.1 Å². The Morgan fingerprint density at radius 2 is 2.33 bits per heavy atom. The first-order valence-corrected chi connectivity index (χ1v) is 6.47. The first-order chi connectivity index (χ1) is 8.54. The number of methoxy groups -OCH3 is 1. The van der Waals surface area contributed by atoms with Gasteiger partial charge in [-0.15, -0.1) is 0 Å². The number of non-ortho nitro benzene ring substituents is 1. The summed E-state index contributed by atoms with van der Waals surface area (Å²) >= 11 is 2.04. The zero-order valence-electron chi connectivity index (χ0n) is 9.93. The lowest BCUT2D eigenvalue weighted by Crippen LogP contribution is -2.18. The zero-order valence-corrected chi connectivity index (χ0v) is 12.1. The van der Waals surface area contributed by atoms with Crippen molar-refractivity contribution in [2.75, 3.05) is 25.6 Å². The van der Waals surface area contributed by atoms with Crippen LogP contribution in [0.1, 0.15) is 6.42 Å². The lowest BCUT2D eigenvalue weighted by Gasteiger charge is -2.11. The number of nitro groups is 1. The molecule has 0 spiro atoms. The molecule has 0 radical (unpaired) electrons. The van der Waals surface area contributed by atoms with Gasteiger partial charge in [0, 0.05) is 35.0 Å². The van der Waals surface area contributed by atoms with Crippen LogP contribution in [0.4, 0.5) is 11.4 Å². The third kappa shape index (κ3) is 4.75. The van der Waals surface area contributed by atoms with Crippen molar-refractivity contribution < 1.29 is 14.8 Å². The quantitative estimate of drug-likeness (QED) is 0.438. The number of aliphatic hydroxyl groups excluding tert-OH is 1. The highest BCUT2D eigenvalue weighted by Crippen LogP contribution is 2.23. The van der Waals surface area contributed by atoms with Gasteiger partial charge in [0.2, 0.25) is 0 Å². The van der Waals surface area contributed by atoms with E-state index in [2.05, 4.69) is 5.32 Å². The third-order valence-corrected chi connectivity index (χ3v) is 3.21. The molecule has 0 saturated heterocycles. The maximum Gasteiger partial charge on any atom is 0.270 e. The molecule has 1 aromatic carbocycles. The minimum absolute atomic E-state index is 0.0735. The van der Waals surface area contributed by atoms with Gasteiger partial charge in [0.1, 0.15) is 0 Å². The van der Waals surface area contributed by atoms with Crippen molar-refractivity contribution >= 4 is 34.0 Å². The van der Waals surface area contributed by atoms with Gasteiger partial charge in [-0.3, -0.25) is 10.1 Å². The molecule has 1 unspecified atom stereocenters. The molecule has 6 nitrogen and oxygen atoms in total. The van der Waals surface area contributed by atoms with Gasteiger partial charge in [-0.25, -0.2) is 0 Å². The standard InChI is InChI=1S/C11H15IN2O4/c1-18-7-9(15)4-5-13-11-3-2-8(14(16)17)6-10(11)12/h2-3,6,9,13,15H,4-5,7H2,1H3. The molecule has 1 aromatic rings. The number of benzene rings is 1. The van der Waals surface area contributed by atoms with Crippen molar-refractivity contribution in [2.45, 2.75) is 12.5 Å². The summed E-state index contributed by atoms with van der Waals surface area (Å²) in [5.74, 6) is 0. The van der Waals surface area contributed by atoms with Gasteiger partial charge >= 0.3 is 0 Å². The van der Waals surface area contributed by atoms with E-state index in [0.717, 1.165) is 9.26 Å². The number of rotatable bonds is 7. The minimum Gasteiger partial charge on any atom is -0.391 e. The fourth-order valence-corrected chi connectivity index (χ4v) is 2.10. The zero-order chi connectivity index (χ0) is 13.5. The molecule has 1 atom stereocenters. The summed E-state index contributed by atoms with van der Waals surface area (Å²) in [6.07, 6.45) is 0.0548. The van der Waals surface area contributed by atoms with Gasteiger partial charge in [-0.1, -0.05) is 0 Å². The molecule has 0 aliphatic rings. The van der Waals surface area contributed by atoms with Crippen LogP contribution in [-0.4, -0.2) is 36.4 Å². The molecule has 0 fully saturated rings.